The number of aromatic nitrogens is 1. The summed E-state index contributed by atoms with van der Waals surface area (Å²) in [6.07, 6.45) is 7.32. The van der Waals surface area contributed by atoms with Gasteiger partial charge in [-0.25, -0.2) is 4.98 Å². The van der Waals surface area contributed by atoms with Crippen molar-refractivity contribution in [3.8, 4) is 0 Å². The van der Waals surface area contributed by atoms with Crippen molar-refractivity contribution in [3.63, 3.8) is 0 Å². The van der Waals surface area contributed by atoms with Gasteiger partial charge in [0.25, 0.3) is 0 Å². The number of carbonyl (C=O) groups is 1. The van der Waals surface area contributed by atoms with E-state index in [1.165, 1.54) is 37.8 Å². The number of rotatable bonds is 6. The Bertz CT molecular complexity index is 650. The summed E-state index contributed by atoms with van der Waals surface area (Å²) in [6.45, 7) is 0.580. The van der Waals surface area contributed by atoms with Gasteiger partial charge in [0.05, 0.1) is 10.7 Å². The van der Waals surface area contributed by atoms with Gasteiger partial charge in [0.15, 0.2) is 0 Å². The Kier molecular flexibility index (Phi) is 5.99. The van der Waals surface area contributed by atoms with Crippen LogP contribution in [-0.4, -0.2) is 17.4 Å². The fourth-order valence-electron chi connectivity index (χ4n) is 3.24. The van der Waals surface area contributed by atoms with Crippen LogP contribution in [0.4, 0.5) is 0 Å². The Morgan fingerprint density at radius 3 is 2.75 bits per heavy atom. The maximum atomic E-state index is 12.1. The SMILES string of the molecule is NC(C(=O)NCCc1nc(C2CCCCC2)cs1)c1ccccc1. The van der Waals surface area contributed by atoms with E-state index in [0.29, 0.717) is 12.5 Å². The van der Waals surface area contributed by atoms with E-state index in [4.69, 9.17) is 10.7 Å². The van der Waals surface area contributed by atoms with Crippen LogP contribution in [0.2, 0.25) is 0 Å². The van der Waals surface area contributed by atoms with Crippen LogP contribution in [0.1, 0.15) is 60.3 Å². The van der Waals surface area contributed by atoms with Crippen LogP contribution in [0.15, 0.2) is 35.7 Å². The average Bonchev–Trinajstić information content (AvgIpc) is 3.11. The summed E-state index contributed by atoms with van der Waals surface area (Å²) in [5, 5.41) is 6.22. The Morgan fingerprint density at radius 2 is 2.00 bits per heavy atom. The normalized spacial score (nSPS) is 16.7. The molecule has 3 N–H and O–H groups in total. The van der Waals surface area contributed by atoms with Crippen molar-refractivity contribution in [1.29, 1.82) is 0 Å². The first-order valence-corrected chi connectivity index (χ1v) is 9.64. The Morgan fingerprint density at radius 1 is 1.25 bits per heavy atom. The summed E-state index contributed by atoms with van der Waals surface area (Å²) in [7, 11) is 0. The summed E-state index contributed by atoms with van der Waals surface area (Å²) in [6, 6.07) is 8.85. The molecule has 0 aliphatic heterocycles. The van der Waals surface area contributed by atoms with E-state index in [1.807, 2.05) is 30.3 Å². The summed E-state index contributed by atoms with van der Waals surface area (Å²) < 4.78 is 0. The highest BCUT2D eigenvalue weighted by molar-refractivity contribution is 7.09. The Hall–Kier alpha value is -1.72. The van der Waals surface area contributed by atoms with Crippen molar-refractivity contribution < 1.29 is 4.79 Å². The van der Waals surface area contributed by atoms with Crippen molar-refractivity contribution in [3.05, 3.63) is 52.0 Å². The van der Waals surface area contributed by atoms with Crippen LogP contribution < -0.4 is 11.1 Å². The van der Waals surface area contributed by atoms with Crippen LogP contribution >= 0.6 is 11.3 Å². The lowest BCUT2D eigenvalue weighted by atomic mass is 9.87. The molecular formula is C19H25N3OS. The molecule has 3 rings (SSSR count). The molecule has 5 heteroatoms. The van der Waals surface area contributed by atoms with E-state index < -0.39 is 6.04 Å². The fourth-order valence-corrected chi connectivity index (χ4v) is 4.12. The molecule has 1 saturated carbocycles. The smallest absolute Gasteiger partial charge is 0.241 e. The number of hydrogen-bond donors (Lipinski definition) is 2. The number of thiazole rings is 1. The third kappa shape index (κ3) is 4.42. The van der Waals surface area contributed by atoms with E-state index in [9.17, 15) is 4.79 Å². The molecular weight excluding hydrogens is 318 g/mol. The second kappa shape index (κ2) is 8.40. The van der Waals surface area contributed by atoms with Gasteiger partial charge in [-0.05, 0) is 18.4 Å². The van der Waals surface area contributed by atoms with Gasteiger partial charge in [0.2, 0.25) is 5.91 Å². The number of amides is 1. The zero-order chi connectivity index (χ0) is 16.8. The molecule has 1 unspecified atom stereocenters. The van der Waals surface area contributed by atoms with Gasteiger partial charge in [-0.15, -0.1) is 11.3 Å². The molecule has 1 aliphatic carbocycles. The summed E-state index contributed by atoms with van der Waals surface area (Å²) in [5.74, 6) is 0.509. The van der Waals surface area contributed by atoms with Gasteiger partial charge in [-0.1, -0.05) is 49.6 Å². The van der Waals surface area contributed by atoms with Crippen molar-refractivity contribution in [1.82, 2.24) is 10.3 Å². The number of hydrogen-bond acceptors (Lipinski definition) is 4. The van der Waals surface area contributed by atoms with E-state index >= 15 is 0 Å². The van der Waals surface area contributed by atoms with Crippen LogP contribution in [0.5, 0.6) is 0 Å². The Balaban J connectivity index is 1.46. The van der Waals surface area contributed by atoms with Crippen LogP contribution in [0.25, 0.3) is 0 Å². The van der Waals surface area contributed by atoms with Gasteiger partial charge < -0.3 is 11.1 Å². The monoisotopic (exact) mass is 343 g/mol. The van der Waals surface area contributed by atoms with Gasteiger partial charge in [0.1, 0.15) is 6.04 Å². The van der Waals surface area contributed by atoms with Crippen molar-refractivity contribution >= 4 is 17.2 Å². The molecule has 1 atom stereocenters. The first-order chi connectivity index (χ1) is 11.7. The standard InChI is InChI=1S/C19H25N3OS/c20-18(15-9-5-2-6-10-15)19(23)21-12-11-17-22-16(13-24-17)14-7-3-1-4-8-14/h2,5-6,9-10,13-14,18H,1,3-4,7-8,11-12,20H2,(H,21,23). The summed E-state index contributed by atoms with van der Waals surface area (Å²) in [4.78, 5) is 16.9. The van der Waals surface area contributed by atoms with Gasteiger partial charge >= 0.3 is 0 Å². The van der Waals surface area contributed by atoms with Gasteiger partial charge in [0, 0.05) is 24.3 Å². The lowest BCUT2D eigenvalue weighted by Gasteiger charge is -2.19. The topological polar surface area (TPSA) is 68.0 Å². The van der Waals surface area contributed by atoms with Crippen molar-refractivity contribution in [2.75, 3.05) is 6.54 Å². The lowest BCUT2D eigenvalue weighted by Crippen LogP contribution is -2.35. The molecule has 0 saturated heterocycles. The highest BCUT2D eigenvalue weighted by Gasteiger charge is 2.18. The molecule has 0 spiro atoms. The number of benzene rings is 1. The molecule has 1 aliphatic rings. The molecule has 1 aromatic carbocycles. The van der Waals surface area contributed by atoms with Crippen LogP contribution in [-0.2, 0) is 11.2 Å². The third-order valence-electron chi connectivity index (χ3n) is 4.67. The molecule has 1 amide bonds. The number of nitrogens with zero attached hydrogens (tertiary/aromatic N) is 1. The predicted octanol–water partition coefficient (Wildman–Crippen LogP) is 3.55. The van der Waals surface area contributed by atoms with Gasteiger partial charge in [-0.3, -0.25) is 4.79 Å². The molecule has 1 aromatic heterocycles. The number of carbonyl (C=O) groups excluding carboxylic acids is 1. The highest BCUT2D eigenvalue weighted by atomic mass is 32.1. The second-order valence-corrected chi connectivity index (χ2v) is 7.37. The number of nitrogens with two attached hydrogens (primary N) is 1. The summed E-state index contributed by atoms with van der Waals surface area (Å²) in [5.41, 5.74) is 8.08. The first kappa shape index (κ1) is 17.1. The minimum atomic E-state index is -0.611. The Labute approximate surface area is 147 Å². The maximum Gasteiger partial charge on any atom is 0.241 e. The lowest BCUT2D eigenvalue weighted by molar-refractivity contribution is -0.122. The molecule has 128 valence electrons. The fraction of sp³-hybridized carbons (Fsp3) is 0.474. The molecule has 0 radical (unpaired) electrons. The largest absolute Gasteiger partial charge is 0.354 e. The quantitative estimate of drug-likeness (QED) is 0.843. The minimum absolute atomic E-state index is 0.134. The average molecular weight is 343 g/mol. The van der Waals surface area contributed by atoms with Crippen molar-refractivity contribution in [2.24, 2.45) is 5.73 Å². The highest BCUT2D eigenvalue weighted by Crippen LogP contribution is 2.33. The van der Waals surface area contributed by atoms with Gasteiger partial charge in [-0.2, -0.15) is 0 Å². The van der Waals surface area contributed by atoms with Crippen molar-refractivity contribution in [2.45, 2.75) is 50.5 Å². The van der Waals surface area contributed by atoms with E-state index in [0.717, 1.165) is 17.0 Å². The van der Waals surface area contributed by atoms with E-state index in [1.54, 1.807) is 11.3 Å². The maximum absolute atomic E-state index is 12.1. The van der Waals surface area contributed by atoms with Crippen LogP contribution in [0.3, 0.4) is 0 Å². The molecule has 1 heterocycles. The molecule has 24 heavy (non-hydrogen) atoms. The minimum Gasteiger partial charge on any atom is -0.354 e. The molecule has 2 aromatic rings. The zero-order valence-electron chi connectivity index (χ0n) is 13.9. The van der Waals surface area contributed by atoms with E-state index in [-0.39, 0.29) is 5.91 Å². The second-order valence-electron chi connectivity index (χ2n) is 6.43. The first-order valence-electron chi connectivity index (χ1n) is 8.76. The molecule has 0 bridgehead atoms. The van der Waals surface area contributed by atoms with E-state index in [2.05, 4.69) is 10.7 Å². The predicted molar refractivity (Wildman–Crippen MR) is 98.0 cm³/mol. The molecule has 1 fully saturated rings. The molecule has 4 nitrogen and oxygen atoms in total. The third-order valence-corrected chi connectivity index (χ3v) is 5.60. The number of nitrogens with one attached hydrogen (secondary N) is 1. The zero-order valence-corrected chi connectivity index (χ0v) is 14.7. The summed E-state index contributed by atoms with van der Waals surface area (Å²) >= 11 is 1.71. The van der Waals surface area contributed by atoms with Crippen LogP contribution in [0, 0.1) is 0 Å².